The molecule has 0 unspecified atom stereocenters. The van der Waals surface area contributed by atoms with Gasteiger partial charge in [0.25, 0.3) is 0 Å². The van der Waals surface area contributed by atoms with Crippen LogP contribution in [0.5, 0.6) is 5.75 Å². The lowest BCUT2D eigenvalue weighted by molar-refractivity contribution is 0.0922. The minimum absolute atomic E-state index is 0.0349. The van der Waals surface area contributed by atoms with Gasteiger partial charge in [0, 0.05) is 7.11 Å². The Morgan fingerprint density at radius 2 is 2.31 bits per heavy atom. The second kappa shape index (κ2) is 4.67. The molecule has 16 heavy (non-hydrogen) atoms. The fraction of sp³-hybridized carbons (Fsp3) is 0.364. The standard InChI is InChI=1S/C11H14N2O2S/c1-7(6-14-2)15-8-3-4-9-10(5-8)16-11(12)13-9/h3-5,7H,6H2,1-2H3,(H2,12,13)/t7-/m1/s1. The number of aromatic nitrogens is 1. The number of nitrogens with two attached hydrogens (primary N) is 1. The minimum atomic E-state index is 0.0349. The number of hydrogen-bond donors (Lipinski definition) is 1. The SMILES string of the molecule is COC[C@@H](C)Oc1ccc2nc(N)sc2c1. The van der Waals surface area contributed by atoms with Crippen LogP contribution in [0.1, 0.15) is 6.92 Å². The molecule has 2 rings (SSSR count). The molecule has 0 saturated carbocycles. The third-order valence-electron chi connectivity index (χ3n) is 2.12. The highest BCUT2D eigenvalue weighted by atomic mass is 32.1. The number of rotatable bonds is 4. The van der Waals surface area contributed by atoms with E-state index in [1.165, 1.54) is 11.3 Å². The average Bonchev–Trinajstić information content (AvgIpc) is 2.57. The first kappa shape index (κ1) is 11.2. The van der Waals surface area contributed by atoms with E-state index < -0.39 is 0 Å². The maximum absolute atomic E-state index is 5.69. The van der Waals surface area contributed by atoms with E-state index in [0.717, 1.165) is 16.0 Å². The Kier molecular flexibility index (Phi) is 3.26. The van der Waals surface area contributed by atoms with Crippen molar-refractivity contribution >= 4 is 26.7 Å². The van der Waals surface area contributed by atoms with Gasteiger partial charge in [0.1, 0.15) is 11.9 Å². The summed E-state index contributed by atoms with van der Waals surface area (Å²) in [6.45, 7) is 2.54. The molecule has 0 radical (unpaired) electrons. The van der Waals surface area contributed by atoms with Crippen LogP contribution in [0.15, 0.2) is 18.2 Å². The summed E-state index contributed by atoms with van der Waals surface area (Å²) >= 11 is 1.46. The fourth-order valence-corrected chi connectivity index (χ4v) is 2.26. The van der Waals surface area contributed by atoms with E-state index in [-0.39, 0.29) is 6.10 Å². The Labute approximate surface area is 98.0 Å². The molecule has 0 bridgehead atoms. The van der Waals surface area contributed by atoms with Crippen molar-refractivity contribution < 1.29 is 9.47 Å². The van der Waals surface area contributed by atoms with Crippen LogP contribution in [0.4, 0.5) is 5.13 Å². The molecule has 86 valence electrons. The zero-order chi connectivity index (χ0) is 11.5. The second-order valence-corrected chi connectivity index (χ2v) is 4.63. The third kappa shape index (κ3) is 2.43. The summed E-state index contributed by atoms with van der Waals surface area (Å²) in [5, 5.41) is 0.581. The molecule has 0 spiro atoms. The van der Waals surface area contributed by atoms with Gasteiger partial charge in [-0.15, -0.1) is 0 Å². The van der Waals surface area contributed by atoms with Crippen LogP contribution in [0.3, 0.4) is 0 Å². The summed E-state index contributed by atoms with van der Waals surface area (Å²) < 4.78 is 11.7. The molecule has 0 saturated heterocycles. The molecule has 0 fully saturated rings. The van der Waals surface area contributed by atoms with Crippen LogP contribution in [-0.2, 0) is 4.74 Å². The number of methoxy groups -OCH3 is 1. The zero-order valence-corrected chi connectivity index (χ0v) is 10.1. The lowest BCUT2D eigenvalue weighted by Crippen LogP contribution is -2.17. The van der Waals surface area contributed by atoms with Crippen LogP contribution in [0.25, 0.3) is 10.2 Å². The lowest BCUT2D eigenvalue weighted by atomic mass is 10.3. The number of thiazole rings is 1. The molecule has 2 aromatic rings. The molecule has 2 N–H and O–H groups in total. The monoisotopic (exact) mass is 238 g/mol. The van der Waals surface area contributed by atoms with Gasteiger partial charge in [0.2, 0.25) is 0 Å². The number of hydrogen-bond acceptors (Lipinski definition) is 5. The van der Waals surface area contributed by atoms with E-state index in [9.17, 15) is 0 Å². The van der Waals surface area contributed by atoms with Crippen molar-refractivity contribution in [2.75, 3.05) is 19.5 Å². The molecule has 1 atom stereocenters. The number of nitrogen functional groups attached to an aromatic ring is 1. The zero-order valence-electron chi connectivity index (χ0n) is 9.27. The number of fused-ring (bicyclic) bond motifs is 1. The minimum Gasteiger partial charge on any atom is -0.488 e. The molecule has 1 aromatic carbocycles. The number of benzene rings is 1. The summed E-state index contributed by atoms with van der Waals surface area (Å²) in [4.78, 5) is 4.19. The van der Waals surface area contributed by atoms with Crippen molar-refractivity contribution in [3.8, 4) is 5.75 Å². The first-order chi connectivity index (χ1) is 7.69. The maximum Gasteiger partial charge on any atom is 0.181 e. The van der Waals surface area contributed by atoms with Crippen LogP contribution < -0.4 is 10.5 Å². The molecule has 1 aromatic heterocycles. The molecule has 0 aliphatic carbocycles. The smallest absolute Gasteiger partial charge is 0.181 e. The Morgan fingerprint density at radius 1 is 1.50 bits per heavy atom. The average molecular weight is 238 g/mol. The van der Waals surface area contributed by atoms with Gasteiger partial charge in [-0.25, -0.2) is 4.98 Å². The molecule has 5 heteroatoms. The normalized spacial score (nSPS) is 12.9. The van der Waals surface area contributed by atoms with Gasteiger partial charge in [-0.3, -0.25) is 0 Å². The van der Waals surface area contributed by atoms with Gasteiger partial charge < -0.3 is 15.2 Å². The van der Waals surface area contributed by atoms with Gasteiger partial charge in [-0.05, 0) is 25.1 Å². The Morgan fingerprint density at radius 3 is 3.06 bits per heavy atom. The van der Waals surface area contributed by atoms with E-state index in [0.29, 0.717) is 11.7 Å². The fourth-order valence-electron chi connectivity index (χ4n) is 1.50. The first-order valence-corrected chi connectivity index (χ1v) is 5.82. The van der Waals surface area contributed by atoms with E-state index >= 15 is 0 Å². The predicted octanol–water partition coefficient (Wildman–Crippen LogP) is 2.29. The molecular formula is C11H14N2O2S. The van der Waals surface area contributed by atoms with Crippen molar-refractivity contribution in [1.82, 2.24) is 4.98 Å². The Bertz CT molecular complexity index is 484. The Hall–Kier alpha value is -1.33. The number of anilines is 1. The summed E-state index contributed by atoms with van der Waals surface area (Å²) in [5.41, 5.74) is 6.55. The van der Waals surface area contributed by atoms with E-state index in [2.05, 4.69) is 4.98 Å². The van der Waals surface area contributed by atoms with Crippen molar-refractivity contribution in [1.29, 1.82) is 0 Å². The first-order valence-electron chi connectivity index (χ1n) is 5.00. The highest BCUT2D eigenvalue weighted by Gasteiger charge is 2.06. The van der Waals surface area contributed by atoms with Gasteiger partial charge in [-0.1, -0.05) is 11.3 Å². The molecule has 4 nitrogen and oxygen atoms in total. The van der Waals surface area contributed by atoms with Crippen LogP contribution in [0.2, 0.25) is 0 Å². The van der Waals surface area contributed by atoms with Crippen LogP contribution >= 0.6 is 11.3 Å². The lowest BCUT2D eigenvalue weighted by Gasteiger charge is -2.13. The summed E-state index contributed by atoms with van der Waals surface area (Å²) in [5.74, 6) is 0.820. The molecular weight excluding hydrogens is 224 g/mol. The van der Waals surface area contributed by atoms with Gasteiger partial charge in [0.05, 0.1) is 16.8 Å². The van der Waals surface area contributed by atoms with Crippen molar-refractivity contribution in [2.45, 2.75) is 13.0 Å². The van der Waals surface area contributed by atoms with E-state index in [1.807, 2.05) is 25.1 Å². The third-order valence-corrected chi connectivity index (χ3v) is 2.96. The number of nitrogens with zero attached hydrogens (tertiary/aromatic N) is 1. The van der Waals surface area contributed by atoms with Gasteiger partial charge in [-0.2, -0.15) is 0 Å². The van der Waals surface area contributed by atoms with E-state index in [4.69, 9.17) is 15.2 Å². The Balaban J connectivity index is 2.18. The molecule has 0 amide bonds. The molecule has 0 aliphatic rings. The van der Waals surface area contributed by atoms with Crippen molar-refractivity contribution in [2.24, 2.45) is 0 Å². The van der Waals surface area contributed by atoms with Crippen molar-refractivity contribution in [3.05, 3.63) is 18.2 Å². The second-order valence-electron chi connectivity index (χ2n) is 3.57. The summed E-state index contributed by atoms with van der Waals surface area (Å²) in [7, 11) is 1.66. The summed E-state index contributed by atoms with van der Waals surface area (Å²) in [6, 6.07) is 5.76. The van der Waals surface area contributed by atoms with Crippen LogP contribution in [-0.4, -0.2) is 24.8 Å². The highest BCUT2D eigenvalue weighted by molar-refractivity contribution is 7.22. The maximum atomic E-state index is 5.69. The highest BCUT2D eigenvalue weighted by Crippen LogP contribution is 2.27. The quantitative estimate of drug-likeness (QED) is 0.888. The van der Waals surface area contributed by atoms with Crippen LogP contribution in [0, 0.1) is 0 Å². The topological polar surface area (TPSA) is 57.4 Å². The largest absolute Gasteiger partial charge is 0.488 e. The van der Waals surface area contributed by atoms with Gasteiger partial charge >= 0.3 is 0 Å². The summed E-state index contributed by atoms with van der Waals surface area (Å²) in [6.07, 6.45) is 0.0349. The number of ether oxygens (including phenoxy) is 2. The molecule has 0 aliphatic heterocycles. The predicted molar refractivity (Wildman–Crippen MR) is 66.0 cm³/mol. The van der Waals surface area contributed by atoms with E-state index in [1.54, 1.807) is 7.11 Å². The molecule has 1 heterocycles. The van der Waals surface area contributed by atoms with Crippen molar-refractivity contribution in [3.63, 3.8) is 0 Å². The van der Waals surface area contributed by atoms with Gasteiger partial charge in [0.15, 0.2) is 5.13 Å².